The van der Waals surface area contributed by atoms with Crippen LogP contribution in [0.15, 0.2) is 15.2 Å². The second-order valence-electron chi connectivity index (χ2n) is 6.07. The topological polar surface area (TPSA) is 58.4 Å². The smallest absolute Gasteiger partial charge is 0.222 e. The van der Waals surface area contributed by atoms with Gasteiger partial charge in [0.2, 0.25) is 5.91 Å². The molecule has 1 atom stereocenters. The summed E-state index contributed by atoms with van der Waals surface area (Å²) in [4.78, 5) is 14.1. The van der Waals surface area contributed by atoms with Crippen LogP contribution in [0.1, 0.15) is 32.8 Å². The number of hydrogen-bond acceptors (Lipinski definition) is 4. The van der Waals surface area contributed by atoms with Crippen molar-refractivity contribution in [2.75, 3.05) is 13.6 Å². The fourth-order valence-corrected chi connectivity index (χ4v) is 3.15. The molecule has 0 saturated carbocycles. The first kappa shape index (κ1) is 17.6. The summed E-state index contributed by atoms with van der Waals surface area (Å²) in [6.45, 7) is 7.21. The number of nitrogens with two attached hydrogens (primary N) is 1. The van der Waals surface area contributed by atoms with E-state index in [2.05, 4.69) is 37.6 Å². The van der Waals surface area contributed by atoms with Crippen molar-refractivity contribution in [1.29, 1.82) is 0 Å². The summed E-state index contributed by atoms with van der Waals surface area (Å²) < 4.78 is 1.12. The first-order valence-corrected chi connectivity index (χ1v) is 8.33. The predicted octanol–water partition coefficient (Wildman–Crippen LogP) is 2.57. The van der Waals surface area contributed by atoms with E-state index in [4.69, 9.17) is 5.73 Å². The highest BCUT2D eigenvalue weighted by Gasteiger charge is 2.20. The number of likely N-dealkylation sites (N-methyl/N-ethyl adjacent to an activating group) is 1. The van der Waals surface area contributed by atoms with Crippen LogP contribution in [0.2, 0.25) is 0 Å². The van der Waals surface area contributed by atoms with Crippen LogP contribution in [0.3, 0.4) is 0 Å². The van der Waals surface area contributed by atoms with Crippen LogP contribution in [0.25, 0.3) is 0 Å². The normalized spacial score (nSPS) is 13.6. The predicted molar refractivity (Wildman–Crippen MR) is 88.8 cm³/mol. The van der Waals surface area contributed by atoms with Crippen LogP contribution >= 0.6 is 27.3 Å². The molecule has 1 unspecified atom stereocenters. The molecule has 0 aliphatic rings. The van der Waals surface area contributed by atoms with Gasteiger partial charge in [-0.25, -0.2) is 0 Å². The van der Waals surface area contributed by atoms with Crippen LogP contribution in [0.4, 0.5) is 0 Å². The van der Waals surface area contributed by atoms with Crippen LogP contribution in [0, 0.1) is 0 Å². The molecule has 0 radical (unpaired) electrons. The maximum absolute atomic E-state index is 12.0. The number of carbonyl (C=O) groups is 1. The number of amides is 1. The van der Waals surface area contributed by atoms with Crippen molar-refractivity contribution in [2.24, 2.45) is 5.73 Å². The summed E-state index contributed by atoms with van der Waals surface area (Å²) in [5.74, 6) is 0.0475. The lowest BCUT2D eigenvalue weighted by molar-refractivity contribution is -0.123. The minimum Gasteiger partial charge on any atom is -0.351 e. The van der Waals surface area contributed by atoms with Crippen molar-refractivity contribution in [3.8, 4) is 0 Å². The zero-order chi connectivity index (χ0) is 15.3. The van der Waals surface area contributed by atoms with E-state index in [1.165, 1.54) is 5.56 Å². The third-order valence-electron chi connectivity index (χ3n) is 2.88. The van der Waals surface area contributed by atoms with Crippen molar-refractivity contribution in [2.45, 2.75) is 45.3 Å². The SMILES string of the molecule is CN(Cc1csc(Br)c1)C(CN)CC(=O)NC(C)(C)C. The minimum atomic E-state index is -0.201. The fraction of sp³-hybridized carbons (Fsp3) is 0.643. The van der Waals surface area contributed by atoms with Gasteiger partial charge in [-0.2, -0.15) is 0 Å². The Kier molecular flexibility index (Phi) is 6.64. The van der Waals surface area contributed by atoms with E-state index in [0.717, 1.165) is 10.3 Å². The molecular weight excluding hydrogens is 338 g/mol. The van der Waals surface area contributed by atoms with Crippen molar-refractivity contribution < 1.29 is 4.79 Å². The molecular formula is C14H24BrN3OS. The van der Waals surface area contributed by atoms with Gasteiger partial charge in [-0.3, -0.25) is 9.69 Å². The number of hydrogen-bond donors (Lipinski definition) is 2. The number of nitrogens with one attached hydrogen (secondary N) is 1. The van der Waals surface area contributed by atoms with Crippen molar-refractivity contribution >= 4 is 33.2 Å². The van der Waals surface area contributed by atoms with Crippen LogP contribution in [0.5, 0.6) is 0 Å². The van der Waals surface area contributed by atoms with Gasteiger partial charge < -0.3 is 11.1 Å². The van der Waals surface area contributed by atoms with Crippen LogP contribution in [-0.2, 0) is 11.3 Å². The van der Waals surface area contributed by atoms with Gasteiger partial charge in [0.15, 0.2) is 0 Å². The van der Waals surface area contributed by atoms with E-state index >= 15 is 0 Å². The van der Waals surface area contributed by atoms with E-state index in [0.29, 0.717) is 13.0 Å². The number of thiophene rings is 1. The van der Waals surface area contributed by atoms with Gasteiger partial charge in [0.1, 0.15) is 0 Å². The van der Waals surface area contributed by atoms with Crippen LogP contribution < -0.4 is 11.1 Å². The molecule has 0 bridgehead atoms. The fourth-order valence-electron chi connectivity index (χ4n) is 1.95. The Bertz CT molecular complexity index is 442. The maximum Gasteiger partial charge on any atom is 0.222 e. The van der Waals surface area contributed by atoms with Gasteiger partial charge in [0.25, 0.3) is 0 Å². The molecule has 0 spiro atoms. The summed E-state index contributed by atoms with van der Waals surface area (Å²) in [7, 11) is 2.01. The summed E-state index contributed by atoms with van der Waals surface area (Å²) >= 11 is 5.13. The third kappa shape index (κ3) is 6.35. The Labute approximate surface area is 133 Å². The molecule has 1 aromatic rings. The second kappa shape index (κ2) is 7.54. The average molecular weight is 362 g/mol. The Morgan fingerprint density at radius 2 is 2.20 bits per heavy atom. The quantitative estimate of drug-likeness (QED) is 0.818. The van der Waals surface area contributed by atoms with E-state index in [1.54, 1.807) is 11.3 Å². The Hall–Kier alpha value is -0.430. The van der Waals surface area contributed by atoms with Gasteiger partial charge in [-0.15, -0.1) is 11.3 Å². The summed E-state index contributed by atoms with van der Waals surface area (Å²) in [5, 5.41) is 5.09. The molecule has 1 heterocycles. The number of carbonyl (C=O) groups excluding carboxylic acids is 1. The van der Waals surface area contributed by atoms with E-state index in [1.807, 2.05) is 27.8 Å². The van der Waals surface area contributed by atoms with Crippen molar-refractivity contribution in [3.05, 3.63) is 20.8 Å². The van der Waals surface area contributed by atoms with Gasteiger partial charge in [0.05, 0.1) is 3.79 Å². The van der Waals surface area contributed by atoms with Gasteiger partial charge in [-0.05, 0) is 60.8 Å². The second-order valence-corrected chi connectivity index (χ2v) is 8.36. The van der Waals surface area contributed by atoms with Crippen molar-refractivity contribution in [3.63, 3.8) is 0 Å². The standard InChI is InChI=1S/C14H24BrN3OS/c1-14(2,3)17-13(19)6-11(7-16)18(4)8-10-5-12(15)20-9-10/h5,9,11H,6-8,16H2,1-4H3,(H,17,19). The number of rotatable bonds is 6. The molecule has 0 aliphatic heterocycles. The molecule has 114 valence electrons. The van der Waals surface area contributed by atoms with Gasteiger partial charge in [0, 0.05) is 31.1 Å². The Morgan fingerprint density at radius 3 is 2.65 bits per heavy atom. The molecule has 0 aliphatic carbocycles. The molecule has 1 rings (SSSR count). The van der Waals surface area contributed by atoms with Crippen molar-refractivity contribution in [1.82, 2.24) is 10.2 Å². The number of halogens is 1. The van der Waals surface area contributed by atoms with Gasteiger partial charge in [-0.1, -0.05) is 0 Å². The lowest BCUT2D eigenvalue weighted by atomic mass is 10.1. The largest absolute Gasteiger partial charge is 0.351 e. The molecule has 0 fully saturated rings. The van der Waals surface area contributed by atoms with Gasteiger partial charge >= 0.3 is 0 Å². The first-order valence-electron chi connectivity index (χ1n) is 6.65. The molecule has 3 N–H and O–H groups in total. The van der Waals surface area contributed by atoms with E-state index in [-0.39, 0.29) is 17.5 Å². The highest BCUT2D eigenvalue weighted by molar-refractivity contribution is 9.11. The Balaban J connectivity index is 2.54. The zero-order valence-electron chi connectivity index (χ0n) is 12.6. The minimum absolute atomic E-state index is 0.0475. The highest BCUT2D eigenvalue weighted by Crippen LogP contribution is 2.22. The summed E-state index contributed by atoms with van der Waals surface area (Å²) in [5.41, 5.74) is 6.85. The maximum atomic E-state index is 12.0. The van der Waals surface area contributed by atoms with Crippen LogP contribution in [-0.4, -0.2) is 36.0 Å². The summed E-state index contributed by atoms with van der Waals surface area (Å²) in [6, 6.07) is 2.15. The Morgan fingerprint density at radius 1 is 1.55 bits per heavy atom. The third-order valence-corrected chi connectivity index (χ3v) is 4.44. The van der Waals surface area contributed by atoms with E-state index in [9.17, 15) is 4.79 Å². The molecule has 4 nitrogen and oxygen atoms in total. The molecule has 1 aromatic heterocycles. The highest BCUT2D eigenvalue weighted by atomic mass is 79.9. The summed E-state index contributed by atoms with van der Waals surface area (Å²) in [6.07, 6.45) is 0.426. The lowest BCUT2D eigenvalue weighted by Gasteiger charge is -2.28. The number of nitrogens with zero attached hydrogens (tertiary/aromatic N) is 1. The molecule has 20 heavy (non-hydrogen) atoms. The molecule has 1 amide bonds. The lowest BCUT2D eigenvalue weighted by Crippen LogP contribution is -2.46. The zero-order valence-corrected chi connectivity index (χ0v) is 15.0. The monoisotopic (exact) mass is 361 g/mol. The average Bonchev–Trinajstić information content (AvgIpc) is 2.69. The first-order chi connectivity index (χ1) is 9.21. The molecule has 6 heteroatoms. The molecule has 0 saturated heterocycles. The van der Waals surface area contributed by atoms with E-state index < -0.39 is 0 Å². The molecule has 0 aromatic carbocycles.